The molecule has 1 unspecified atom stereocenters. The van der Waals surface area contributed by atoms with Crippen molar-refractivity contribution in [2.45, 2.75) is 90.1 Å². The summed E-state index contributed by atoms with van der Waals surface area (Å²) < 4.78 is 0. The molecular formula is C15H30O. The molecule has 1 rings (SSSR count). The van der Waals surface area contributed by atoms with Crippen LogP contribution in [0.3, 0.4) is 0 Å². The first kappa shape index (κ1) is 14.0. The molecule has 0 aromatic rings. The van der Waals surface area contributed by atoms with E-state index in [1.807, 2.05) is 0 Å². The molecule has 96 valence electrons. The third kappa shape index (κ3) is 6.52. The van der Waals surface area contributed by atoms with E-state index in [1.54, 1.807) is 0 Å². The lowest BCUT2D eigenvalue weighted by atomic mass is 9.81. The summed E-state index contributed by atoms with van der Waals surface area (Å²) in [4.78, 5) is 0. The van der Waals surface area contributed by atoms with E-state index < -0.39 is 0 Å². The number of hydrogen-bond donors (Lipinski definition) is 1. The van der Waals surface area contributed by atoms with Crippen LogP contribution >= 0.6 is 0 Å². The Bertz CT molecular complexity index is 152. The van der Waals surface area contributed by atoms with Crippen molar-refractivity contribution in [3.05, 3.63) is 0 Å². The first-order valence-electron chi connectivity index (χ1n) is 7.51. The maximum atomic E-state index is 9.83. The minimum atomic E-state index is 0.000872. The predicted molar refractivity (Wildman–Crippen MR) is 70.6 cm³/mol. The molecule has 0 aromatic carbocycles. The molecule has 1 fully saturated rings. The lowest BCUT2D eigenvalue weighted by molar-refractivity contribution is 0.107. The molecule has 0 radical (unpaired) electrons. The summed E-state index contributed by atoms with van der Waals surface area (Å²) in [6.45, 7) is 2.26. The number of unbranched alkanes of at least 4 members (excludes halogenated alkanes) is 6. The number of rotatable bonds is 10. The fourth-order valence-corrected chi connectivity index (χ4v) is 2.57. The zero-order chi connectivity index (χ0) is 11.6. The van der Waals surface area contributed by atoms with E-state index in [0.29, 0.717) is 0 Å². The first-order valence-corrected chi connectivity index (χ1v) is 7.51. The van der Waals surface area contributed by atoms with Crippen molar-refractivity contribution in [3.8, 4) is 0 Å². The molecule has 1 N–H and O–H groups in total. The zero-order valence-corrected chi connectivity index (χ0v) is 11.1. The molecule has 1 saturated carbocycles. The maximum Gasteiger partial charge on any atom is 0.0542 e. The van der Waals surface area contributed by atoms with Crippen molar-refractivity contribution in [3.63, 3.8) is 0 Å². The summed E-state index contributed by atoms with van der Waals surface area (Å²) in [5, 5.41) is 9.83. The van der Waals surface area contributed by atoms with Gasteiger partial charge >= 0.3 is 0 Å². The van der Waals surface area contributed by atoms with E-state index in [-0.39, 0.29) is 6.10 Å². The van der Waals surface area contributed by atoms with Crippen LogP contribution in [-0.2, 0) is 0 Å². The van der Waals surface area contributed by atoms with Crippen LogP contribution in [0.1, 0.15) is 84.0 Å². The molecule has 1 nitrogen and oxygen atoms in total. The summed E-state index contributed by atoms with van der Waals surface area (Å²) in [5.41, 5.74) is 0. The lowest BCUT2D eigenvalue weighted by Crippen LogP contribution is -2.19. The fraction of sp³-hybridized carbons (Fsp3) is 1.00. The van der Waals surface area contributed by atoms with Gasteiger partial charge in [0.15, 0.2) is 0 Å². The van der Waals surface area contributed by atoms with Gasteiger partial charge in [0, 0.05) is 0 Å². The second kappa shape index (κ2) is 9.04. The molecular weight excluding hydrogens is 196 g/mol. The minimum absolute atomic E-state index is 0.000872. The van der Waals surface area contributed by atoms with Gasteiger partial charge in [-0.1, -0.05) is 71.1 Å². The SMILES string of the molecule is CCCCCCCCCC(O)CC1CCC1. The van der Waals surface area contributed by atoms with E-state index in [2.05, 4.69) is 6.92 Å². The van der Waals surface area contributed by atoms with Gasteiger partial charge in [0.1, 0.15) is 0 Å². The van der Waals surface area contributed by atoms with Gasteiger partial charge in [-0.15, -0.1) is 0 Å². The second-order valence-corrected chi connectivity index (χ2v) is 5.60. The number of aliphatic hydroxyl groups is 1. The van der Waals surface area contributed by atoms with E-state index in [0.717, 1.165) is 18.8 Å². The van der Waals surface area contributed by atoms with Crippen molar-refractivity contribution < 1.29 is 5.11 Å². The molecule has 1 aliphatic rings. The Morgan fingerprint density at radius 1 is 1.00 bits per heavy atom. The molecule has 0 bridgehead atoms. The predicted octanol–water partition coefficient (Wildman–Crippen LogP) is 4.68. The molecule has 0 saturated heterocycles. The van der Waals surface area contributed by atoms with Gasteiger partial charge in [-0.3, -0.25) is 0 Å². The summed E-state index contributed by atoms with van der Waals surface area (Å²) >= 11 is 0. The van der Waals surface area contributed by atoms with Crippen LogP contribution < -0.4 is 0 Å². The van der Waals surface area contributed by atoms with Crippen LogP contribution in [0.15, 0.2) is 0 Å². The Balaban J connectivity index is 1.78. The molecule has 1 heteroatoms. The van der Waals surface area contributed by atoms with Crippen LogP contribution in [0, 0.1) is 5.92 Å². The van der Waals surface area contributed by atoms with Crippen LogP contribution in [0.4, 0.5) is 0 Å². The second-order valence-electron chi connectivity index (χ2n) is 5.60. The van der Waals surface area contributed by atoms with Gasteiger partial charge in [-0.05, 0) is 18.8 Å². The van der Waals surface area contributed by atoms with Gasteiger partial charge < -0.3 is 5.11 Å². The summed E-state index contributed by atoms with van der Waals surface area (Å²) in [5.74, 6) is 0.861. The Hall–Kier alpha value is -0.0400. The van der Waals surface area contributed by atoms with Gasteiger partial charge in [-0.2, -0.15) is 0 Å². The Labute approximate surface area is 102 Å². The molecule has 0 spiro atoms. The van der Waals surface area contributed by atoms with Gasteiger partial charge in [0.05, 0.1) is 6.10 Å². The Morgan fingerprint density at radius 3 is 2.19 bits per heavy atom. The highest BCUT2D eigenvalue weighted by Gasteiger charge is 2.20. The highest BCUT2D eigenvalue weighted by atomic mass is 16.3. The smallest absolute Gasteiger partial charge is 0.0542 e. The lowest BCUT2D eigenvalue weighted by Gasteiger charge is -2.27. The van der Waals surface area contributed by atoms with Gasteiger partial charge in [-0.25, -0.2) is 0 Å². The summed E-state index contributed by atoms with van der Waals surface area (Å²) in [7, 11) is 0. The van der Waals surface area contributed by atoms with Crippen molar-refractivity contribution in [1.82, 2.24) is 0 Å². The average Bonchev–Trinajstić information content (AvgIpc) is 2.22. The summed E-state index contributed by atoms with van der Waals surface area (Å²) in [6, 6.07) is 0. The maximum absolute atomic E-state index is 9.83. The van der Waals surface area contributed by atoms with E-state index in [4.69, 9.17) is 0 Å². The highest BCUT2D eigenvalue weighted by molar-refractivity contribution is 4.73. The minimum Gasteiger partial charge on any atom is -0.393 e. The zero-order valence-electron chi connectivity index (χ0n) is 11.1. The van der Waals surface area contributed by atoms with Crippen molar-refractivity contribution in [2.24, 2.45) is 5.92 Å². The van der Waals surface area contributed by atoms with E-state index >= 15 is 0 Å². The van der Waals surface area contributed by atoms with Crippen molar-refractivity contribution in [1.29, 1.82) is 0 Å². The number of hydrogen-bond acceptors (Lipinski definition) is 1. The standard InChI is InChI=1S/C15H30O/c1-2-3-4-5-6-7-8-12-15(16)13-14-10-9-11-14/h14-16H,2-13H2,1H3. The Kier molecular flexibility index (Phi) is 7.92. The largest absolute Gasteiger partial charge is 0.393 e. The highest BCUT2D eigenvalue weighted by Crippen LogP contribution is 2.31. The molecule has 1 atom stereocenters. The van der Waals surface area contributed by atoms with Crippen LogP contribution in [0.2, 0.25) is 0 Å². The average molecular weight is 226 g/mol. The Morgan fingerprint density at radius 2 is 1.62 bits per heavy atom. The monoisotopic (exact) mass is 226 g/mol. The third-order valence-electron chi connectivity index (χ3n) is 3.97. The van der Waals surface area contributed by atoms with Crippen LogP contribution in [-0.4, -0.2) is 11.2 Å². The molecule has 0 heterocycles. The summed E-state index contributed by atoms with van der Waals surface area (Å²) in [6.07, 6.45) is 15.7. The van der Waals surface area contributed by atoms with Crippen LogP contribution in [0.5, 0.6) is 0 Å². The number of aliphatic hydroxyl groups excluding tert-OH is 1. The van der Waals surface area contributed by atoms with Gasteiger partial charge in [0.25, 0.3) is 0 Å². The van der Waals surface area contributed by atoms with E-state index in [9.17, 15) is 5.11 Å². The van der Waals surface area contributed by atoms with Crippen molar-refractivity contribution >= 4 is 0 Å². The van der Waals surface area contributed by atoms with Gasteiger partial charge in [0.2, 0.25) is 0 Å². The first-order chi connectivity index (χ1) is 7.83. The molecule has 0 amide bonds. The fourth-order valence-electron chi connectivity index (χ4n) is 2.57. The molecule has 0 aliphatic heterocycles. The molecule has 16 heavy (non-hydrogen) atoms. The third-order valence-corrected chi connectivity index (χ3v) is 3.97. The normalized spacial score (nSPS) is 18.4. The van der Waals surface area contributed by atoms with E-state index in [1.165, 1.54) is 64.2 Å². The molecule has 1 aliphatic carbocycles. The molecule has 0 aromatic heterocycles. The quantitative estimate of drug-likeness (QED) is 0.536. The van der Waals surface area contributed by atoms with Crippen LogP contribution in [0.25, 0.3) is 0 Å². The topological polar surface area (TPSA) is 20.2 Å². The van der Waals surface area contributed by atoms with Crippen molar-refractivity contribution in [2.75, 3.05) is 0 Å².